The lowest BCUT2D eigenvalue weighted by Gasteiger charge is -2.36. The van der Waals surface area contributed by atoms with Crippen LogP contribution >= 0.6 is 0 Å². The van der Waals surface area contributed by atoms with E-state index in [-0.39, 0.29) is 16.8 Å². The standard InChI is InChI=1S/C20H31N3O3S/c1-5-23(6-2)27(25,26)18-10-7-14(3)19(13-18)20(24)22(4)17-11-15-8-9-16(12-17)21-15/h7,10,13,15-17,21H,5-6,8-9,11-12H2,1-4H3. The average Bonchev–Trinajstić information content (AvgIpc) is 2.99. The maximum absolute atomic E-state index is 13.2. The molecule has 0 radical (unpaired) electrons. The van der Waals surface area contributed by atoms with Gasteiger partial charge >= 0.3 is 0 Å². The summed E-state index contributed by atoms with van der Waals surface area (Å²) in [6.07, 6.45) is 4.30. The molecule has 27 heavy (non-hydrogen) atoms. The molecule has 1 aromatic rings. The maximum atomic E-state index is 13.2. The molecule has 2 atom stereocenters. The van der Waals surface area contributed by atoms with E-state index < -0.39 is 10.0 Å². The number of rotatable bonds is 6. The van der Waals surface area contributed by atoms with E-state index in [2.05, 4.69) is 5.32 Å². The Balaban J connectivity index is 1.86. The summed E-state index contributed by atoms with van der Waals surface area (Å²) in [6.45, 7) is 6.32. The Bertz CT molecular complexity index is 793. The van der Waals surface area contributed by atoms with Gasteiger partial charge in [-0.1, -0.05) is 19.9 Å². The topological polar surface area (TPSA) is 69.7 Å². The van der Waals surface area contributed by atoms with Gasteiger partial charge in [-0.3, -0.25) is 4.79 Å². The number of nitrogens with zero attached hydrogens (tertiary/aromatic N) is 2. The van der Waals surface area contributed by atoms with Crippen LogP contribution in [-0.4, -0.2) is 61.8 Å². The van der Waals surface area contributed by atoms with Crippen molar-refractivity contribution < 1.29 is 13.2 Å². The van der Waals surface area contributed by atoms with Crippen molar-refractivity contribution in [3.8, 4) is 0 Å². The molecule has 2 aliphatic rings. The quantitative estimate of drug-likeness (QED) is 0.806. The normalized spacial score (nSPS) is 25.0. The van der Waals surface area contributed by atoms with Crippen LogP contribution in [0.1, 0.15) is 55.5 Å². The van der Waals surface area contributed by atoms with Crippen molar-refractivity contribution >= 4 is 15.9 Å². The molecule has 1 amide bonds. The molecular formula is C20H31N3O3S. The number of benzene rings is 1. The molecule has 0 aliphatic carbocycles. The van der Waals surface area contributed by atoms with Gasteiger partial charge in [0.15, 0.2) is 0 Å². The third kappa shape index (κ3) is 3.91. The van der Waals surface area contributed by atoms with E-state index in [9.17, 15) is 13.2 Å². The number of sulfonamides is 1. The highest BCUT2D eigenvalue weighted by atomic mass is 32.2. The summed E-state index contributed by atoms with van der Waals surface area (Å²) in [5.41, 5.74) is 1.29. The van der Waals surface area contributed by atoms with E-state index >= 15 is 0 Å². The van der Waals surface area contributed by atoms with Crippen molar-refractivity contribution in [2.24, 2.45) is 0 Å². The van der Waals surface area contributed by atoms with Gasteiger partial charge in [-0.05, 0) is 50.3 Å². The SMILES string of the molecule is CCN(CC)S(=O)(=O)c1ccc(C)c(C(=O)N(C)C2CC3CCC(C2)N3)c1. The molecule has 7 heteroatoms. The first-order valence-corrected chi connectivity index (χ1v) is 11.4. The molecule has 3 rings (SSSR count). The summed E-state index contributed by atoms with van der Waals surface area (Å²) in [5.74, 6) is -0.0876. The lowest BCUT2D eigenvalue weighted by Crippen LogP contribution is -2.48. The number of nitrogens with one attached hydrogen (secondary N) is 1. The fourth-order valence-corrected chi connectivity index (χ4v) is 5.89. The zero-order chi connectivity index (χ0) is 19.8. The largest absolute Gasteiger partial charge is 0.339 e. The van der Waals surface area contributed by atoms with Gasteiger partial charge in [0.05, 0.1) is 4.90 Å². The van der Waals surface area contributed by atoms with Crippen molar-refractivity contribution in [3.63, 3.8) is 0 Å². The van der Waals surface area contributed by atoms with Gasteiger partial charge in [0, 0.05) is 43.8 Å². The van der Waals surface area contributed by atoms with Gasteiger partial charge in [-0.25, -0.2) is 8.42 Å². The predicted octanol–water partition coefficient (Wildman–Crippen LogP) is 2.38. The highest BCUT2D eigenvalue weighted by Gasteiger charge is 2.37. The number of fused-ring (bicyclic) bond motifs is 2. The first-order chi connectivity index (χ1) is 12.8. The first-order valence-electron chi connectivity index (χ1n) is 9.91. The van der Waals surface area contributed by atoms with E-state index in [0.717, 1.165) is 18.4 Å². The summed E-state index contributed by atoms with van der Waals surface area (Å²) >= 11 is 0. The van der Waals surface area contributed by atoms with Gasteiger partial charge in [-0.15, -0.1) is 0 Å². The third-order valence-corrected chi connectivity index (χ3v) is 8.14. The molecule has 2 heterocycles. The van der Waals surface area contributed by atoms with Crippen LogP contribution < -0.4 is 5.32 Å². The Hall–Kier alpha value is -1.44. The van der Waals surface area contributed by atoms with Crippen LogP contribution in [0.3, 0.4) is 0 Å². The molecule has 150 valence electrons. The Morgan fingerprint density at radius 2 is 1.74 bits per heavy atom. The second-order valence-corrected chi connectivity index (χ2v) is 9.68. The monoisotopic (exact) mass is 393 g/mol. The van der Waals surface area contributed by atoms with Gasteiger partial charge in [0.1, 0.15) is 0 Å². The first kappa shape index (κ1) is 20.3. The van der Waals surface area contributed by atoms with Crippen LogP contribution in [0.25, 0.3) is 0 Å². The summed E-state index contributed by atoms with van der Waals surface area (Å²) in [4.78, 5) is 15.2. The predicted molar refractivity (Wildman–Crippen MR) is 106 cm³/mol. The molecular weight excluding hydrogens is 362 g/mol. The molecule has 2 saturated heterocycles. The smallest absolute Gasteiger partial charge is 0.254 e. The number of carbonyl (C=O) groups excluding carboxylic acids is 1. The fraction of sp³-hybridized carbons (Fsp3) is 0.650. The van der Waals surface area contributed by atoms with E-state index in [0.29, 0.717) is 30.7 Å². The van der Waals surface area contributed by atoms with Crippen LogP contribution in [0.4, 0.5) is 0 Å². The number of hydrogen-bond acceptors (Lipinski definition) is 4. The Kier molecular flexibility index (Phi) is 5.93. The highest BCUT2D eigenvalue weighted by molar-refractivity contribution is 7.89. The van der Waals surface area contributed by atoms with Crippen molar-refractivity contribution in [2.75, 3.05) is 20.1 Å². The molecule has 1 N–H and O–H groups in total. The second-order valence-electron chi connectivity index (χ2n) is 7.75. The third-order valence-electron chi connectivity index (χ3n) is 6.10. The molecule has 2 unspecified atom stereocenters. The molecule has 2 aliphatic heterocycles. The number of carbonyl (C=O) groups is 1. The molecule has 0 saturated carbocycles. The molecule has 0 spiro atoms. The molecule has 0 aromatic heterocycles. The Morgan fingerprint density at radius 1 is 1.15 bits per heavy atom. The van der Waals surface area contributed by atoms with E-state index in [1.54, 1.807) is 18.2 Å². The van der Waals surface area contributed by atoms with Crippen molar-refractivity contribution in [1.29, 1.82) is 0 Å². The van der Waals surface area contributed by atoms with E-state index in [1.807, 2.05) is 32.7 Å². The van der Waals surface area contributed by atoms with Crippen LogP contribution in [0.5, 0.6) is 0 Å². The minimum atomic E-state index is -3.58. The second kappa shape index (κ2) is 7.89. The fourth-order valence-electron chi connectivity index (χ4n) is 4.40. The van der Waals surface area contributed by atoms with Gasteiger partial charge < -0.3 is 10.2 Å². The Morgan fingerprint density at radius 3 is 2.30 bits per heavy atom. The Labute approximate surface area is 163 Å². The summed E-state index contributed by atoms with van der Waals surface area (Å²) < 4.78 is 27.1. The average molecular weight is 394 g/mol. The lowest BCUT2D eigenvalue weighted by molar-refractivity contribution is 0.0680. The van der Waals surface area contributed by atoms with Crippen LogP contribution in [0.15, 0.2) is 23.1 Å². The summed E-state index contributed by atoms with van der Waals surface area (Å²) in [7, 11) is -1.73. The zero-order valence-corrected chi connectivity index (χ0v) is 17.6. The molecule has 6 nitrogen and oxygen atoms in total. The highest BCUT2D eigenvalue weighted by Crippen LogP contribution is 2.30. The molecule has 2 bridgehead atoms. The minimum Gasteiger partial charge on any atom is -0.339 e. The van der Waals surface area contributed by atoms with Crippen molar-refractivity contribution in [1.82, 2.24) is 14.5 Å². The van der Waals surface area contributed by atoms with Crippen molar-refractivity contribution in [2.45, 2.75) is 69.5 Å². The van der Waals surface area contributed by atoms with Crippen LogP contribution in [-0.2, 0) is 10.0 Å². The molecule has 2 fully saturated rings. The van der Waals surface area contributed by atoms with Gasteiger partial charge in [0.25, 0.3) is 5.91 Å². The van der Waals surface area contributed by atoms with Crippen LogP contribution in [0.2, 0.25) is 0 Å². The maximum Gasteiger partial charge on any atom is 0.254 e. The molecule has 1 aromatic carbocycles. The number of aryl methyl sites for hydroxylation is 1. The lowest BCUT2D eigenvalue weighted by atomic mass is 9.97. The summed E-state index contributed by atoms with van der Waals surface area (Å²) in [6, 6.07) is 6.10. The van der Waals surface area contributed by atoms with E-state index in [1.165, 1.54) is 17.1 Å². The number of piperidine rings is 1. The van der Waals surface area contributed by atoms with Crippen LogP contribution in [0, 0.1) is 6.92 Å². The zero-order valence-electron chi connectivity index (χ0n) is 16.7. The van der Waals surface area contributed by atoms with E-state index in [4.69, 9.17) is 0 Å². The minimum absolute atomic E-state index is 0.0876. The number of amides is 1. The summed E-state index contributed by atoms with van der Waals surface area (Å²) in [5, 5.41) is 3.60. The number of hydrogen-bond donors (Lipinski definition) is 1. The van der Waals surface area contributed by atoms with Crippen molar-refractivity contribution in [3.05, 3.63) is 29.3 Å². The van der Waals surface area contributed by atoms with Gasteiger partial charge in [0.2, 0.25) is 10.0 Å². The van der Waals surface area contributed by atoms with Gasteiger partial charge in [-0.2, -0.15) is 4.31 Å².